The second-order valence-electron chi connectivity index (χ2n) is 3.22. The van der Waals surface area contributed by atoms with Gasteiger partial charge in [0, 0.05) is 0 Å². The molecule has 1 rings (SSSR count). The summed E-state index contributed by atoms with van der Waals surface area (Å²) in [5.74, 6) is -1.50. The van der Waals surface area contributed by atoms with Gasteiger partial charge in [-0.25, -0.2) is 8.42 Å². The van der Waals surface area contributed by atoms with Crippen molar-refractivity contribution in [2.24, 2.45) is 0 Å². The smallest absolute Gasteiger partial charge is 0.304 e. The Kier molecular flexibility index (Phi) is 3.85. The van der Waals surface area contributed by atoms with Gasteiger partial charge in [0.1, 0.15) is 0 Å². The summed E-state index contributed by atoms with van der Waals surface area (Å²) in [4.78, 5) is 10.2. The van der Waals surface area contributed by atoms with E-state index in [-0.39, 0.29) is 17.9 Å². The lowest BCUT2D eigenvalue weighted by atomic mass is 10.2. The molecule has 0 aliphatic rings. The number of aliphatic carboxylic acids is 1. The summed E-state index contributed by atoms with van der Waals surface area (Å²) in [6.45, 7) is 0. The maximum absolute atomic E-state index is 11.4. The average Bonchev–Trinajstić information content (AvgIpc) is 2.16. The van der Waals surface area contributed by atoms with Crippen molar-refractivity contribution in [1.82, 2.24) is 0 Å². The number of hydrogen-bond acceptors (Lipinski definition) is 3. The highest BCUT2D eigenvalue weighted by atomic mass is 32.2. The molecule has 0 fully saturated rings. The van der Waals surface area contributed by atoms with Gasteiger partial charge < -0.3 is 5.11 Å². The van der Waals surface area contributed by atoms with Crippen LogP contribution < -0.4 is 0 Å². The lowest BCUT2D eigenvalue weighted by molar-refractivity contribution is -0.136. The van der Waals surface area contributed by atoms with E-state index in [2.05, 4.69) is 0 Å². The zero-order valence-electron chi connectivity index (χ0n) is 8.09. The monoisotopic (exact) mass is 228 g/mol. The number of carboxylic acids is 1. The van der Waals surface area contributed by atoms with Crippen molar-refractivity contribution in [3.63, 3.8) is 0 Å². The Morgan fingerprint density at radius 1 is 1.20 bits per heavy atom. The van der Waals surface area contributed by atoms with E-state index in [1.165, 1.54) is 0 Å². The van der Waals surface area contributed by atoms with Gasteiger partial charge >= 0.3 is 5.97 Å². The Balaban J connectivity index is 2.61. The predicted octanol–water partition coefficient (Wildman–Crippen LogP) is 1.08. The van der Waals surface area contributed by atoms with E-state index >= 15 is 0 Å². The van der Waals surface area contributed by atoms with Gasteiger partial charge in [0.15, 0.2) is 9.84 Å². The molecule has 82 valence electrons. The first kappa shape index (κ1) is 11.7. The lowest BCUT2D eigenvalue weighted by Crippen LogP contribution is -2.12. The van der Waals surface area contributed by atoms with Gasteiger partial charge in [-0.15, -0.1) is 0 Å². The largest absolute Gasteiger partial charge is 0.481 e. The molecule has 1 aromatic rings. The first-order valence-corrected chi connectivity index (χ1v) is 6.28. The van der Waals surface area contributed by atoms with Crippen LogP contribution in [0.5, 0.6) is 0 Å². The fraction of sp³-hybridized carbons (Fsp3) is 0.300. The fourth-order valence-electron chi connectivity index (χ4n) is 1.14. The normalized spacial score (nSPS) is 11.2. The Bertz CT molecular complexity index is 422. The molecule has 0 saturated heterocycles. The van der Waals surface area contributed by atoms with Crippen LogP contribution in [0, 0.1) is 0 Å². The fourth-order valence-corrected chi connectivity index (χ4v) is 2.47. The summed E-state index contributed by atoms with van der Waals surface area (Å²) in [5, 5.41) is 8.38. The summed E-state index contributed by atoms with van der Waals surface area (Å²) >= 11 is 0. The number of sulfone groups is 1. The third-order valence-corrected chi connectivity index (χ3v) is 3.46. The van der Waals surface area contributed by atoms with Gasteiger partial charge in [-0.05, 0) is 5.56 Å². The molecule has 0 amide bonds. The molecule has 15 heavy (non-hydrogen) atoms. The first-order chi connectivity index (χ1) is 6.99. The zero-order valence-corrected chi connectivity index (χ0v) is 8.90. The molecule has 0 aromatic heterocycles. The van der Waals surface area contributed by atoms with Crippen LogP contribution in [-0.2, 0) is 20.4 Å². The molecule has 0 heterocycles. The summed E-state index contributed by atoms with van der Waals surface area (Å²) in [7, 11) is -3.31. The van der Waals surface area contributed by atoms with Crippen molar-refractivity contribution >= 4 is 15.8 Å². The van der Waals surface area contributed by atoms with Crippen LogP contribution in [0.1, 0.15) is 12.0 Å². The Morgan fingerprint density at radius 2 is 1.80 bits per heavy atom. The molecule has 0 aliphatic carbocycles. The third kappa shape index (κ3) is 4.60. The molecule has 4 nitrogen and oxygen atoms in total. The lowest BCUT2D eigenvalue weighted by Gasteiger charge is -2.02. The van der Waals surface area contributed by atoms with Gasteiger partial charge in [-0.1, -0.05) is 30.3 Å². The van der Waals surface area contributed by atoms with Crippen LogP contribution in [0.3, 0.4) is 0 Å². The number of rotatable bonds is 5. The van der Waals surface area contributed by atoms with Gasteiger partial charge in [0.2, 0.25) is 0 Å². The van der Waals surface area contributed by atoms with E-state index < -0.39 is 15.8 Å². The molecule has 0 spiro atoms. The van der Waals surface area contributed by atoms with E-state index in [4.69, 9.17) is 5.11 Å². The zero-order chi connectivity index (χ0) is 11.3. The summed E-state index contributed by atoms with van der Waals surface area (Å²) in [5.41, 5.74) is 0.683. The minimum absolute atomic E-state index is 0.0961. The maximum Gasteiger partial charge on any atom is 0.304 e. The highest BCUT2D eigenvalue weighted by Crippen LogP contribution is 2.06. The van der Waals surface area contributed by atoms with E-state index in [0.29, 0.717) is 5.56 Å². The molecule has 0 bridgehead atoms. The standard InChI is InChI=1S/C10H12O4S/c11-10(12)6-7-15(13,14)8-9-4-2-1-3-5-9/h1-5H,6-8H2,(H,11,12). The van der Waals surface area contributed by atoms with Gasteiger partial charge in [0.05, 0.1) is 17.9 Å². The molecule has 0 atom stereocenters. The minimum Gasteiger partial charge on any atom is -0.481 e. The SMILES string of the molecule is O=C(O)CCS(=O)(=O)Cc1ccccc1. The minimum atomic E-state index is -3.31. The van der Waals surface area contributed by atoms with Crippen molar-refractivity contribution in [2.75, 3.05) is 5.75 Å². The van der Waals surface area contributed by atoms with E-state index in [1.807, 2.05) is 0 Å². The molecular formula is C10H12O4S. The Labute approximate surface area is 88.5 Å². The molecule has 1 N–H and O–H groups in total. The topological polar surface area (TPSA) is 71.4 Å². The number of carbonyl (C=O) groups is 1. The molecular weight excluding hydrogens is 216 g/mol. The van der Waals surface area contributed by atoms with Crippen LogP contribution in [0.4, 0.5) is 0 Å². The molecule has 0 radical (unpaired) electrons. The summed E-state index contributed by atoms with van der Waals surface area (Å²) < 4.78 is 22.9. The molecule has 0 saturated carbocycles. The summed E-state index contributed by atoms with van der Waals surface area (Å²) in [6.07, 6.45) is -0.338. The van der Waals surface area contributed by atoms with E-state index in [0.717, 1.165) is 0 Å². The van der Waals surface area contributed by atoms with Gasteiger partial charge in [-0.2, -0.15) is 0 Å². The van der Waals surface area contributed by atoms with Gasteiger partial charge in [0.25, 0.3) is 0 Å². The van der Waals surface area contributed by atoms with E-state index in [9.17, 15) is 13.2 Å². The maximum atomic E-state index is 11.4. The van der Waals surface area contributed by atoms with Crippen LogP contribution in [-0.4, -0.2) is 25.2 Å². The number of hydrogen-bond donors (Lipinski definition) is 1. The van der Waals surface area contributed by atoms with Crippen molar-refractivity contribution in [3.8, 4) is 0 Å². The van der Waals surface area contributed by atoms with Crippen LogP contribution in [0.15, 0.2) is 30.3 Å². The Hall–Kier alpha value is -1.36. The number of carboxylic acid groups (broad SMARTS) is 1. The Morgan fingerprint density at radius 3 is 2.33 bits per heavy atom. The van der Waals surface area contributed by atoms with Crippen molar-refractivity contribution in [1.29, 1.82) is 0 Å². The highest BCUT2D eigenvalue weighted by molar-refractivity contribution is 7.90. The van der Waals surface area contributed by atoms with Crippen molar-refractivity contribution in [3.05, 3.63) is 35.9 Å². The predicted molar refractivity (Wildman–Crippen MR) is 56.2 cm³/mol. The first-order valence-electron chi connectivity index (χ1n) is 4.46. The highest BCUT2D eigenvalue weighted by Gasteiger charge is 2.13. The summed E-state index contributed by atoms with van der Waals surface area (Å²) in [6, 6.07) is 8.72. The van der Waals surface area contributed by atoms with Crippen LogP contribution in [0.2, 0.25) is 0 Å². The molecule has 1 aromatic carbocycles. The van der Waals surface area contributed by atoms with E-state index in [1.54, 1.807) is 30.3 Å². The van der Waals surface area contributed by atoms with Gasteiger partial charge in [-0.3, -0.25) is 4.79 Å². The average molecular weight is 228 g/mol. The van der Waals surface area contributed by atoms with Crippen molar-refractivity contribution < 1.29 is 18.3 Å². The molecule has 0 aliphatic heterocycles. The second-order valence-corrected chi connectivity index (χ2v) is 5.41. The second kappa shape index (κ2) is 4.93. The number of benzene rings is 1. The molecule has 0 unspecified atom stereocenters. The third-order valence-electron chi connectivity index (χ3n) is 1.86. The molecule has 5 heteroatoms. The van der Waals surface area contributed by atoms with Crippen LogP contribution in [0.25, 0.3) is 0 Å². The van der Waals surface area contributed by atoms with Crippen LogP contribution >= 0.6 is 0 Å². The quantitative estimate of drug-likeness (QED) is 0.818. The van der Waals surface area contributed by atoms with Crippen molar-refractivity contribution in [2.45, 2.75) is 12.2 Å².